The number of pyridine rings is 1. The Morgan fingerprint density at radius 1 is 0.962 bits per heavy atom. The number of likely N-dealkylation sites (N-methyl/N-ethyl adjacent to an activating group) is 2. The molecule has 0 bridgehead atoms. The Morgan fingerprint density at radius 3 is 2.26 bits per heavy atom. The number of nitrogens with one attached hydrogen (secondary N) is 1. The quantitative estimate of drug-likeness (QED) is 0.0678. The molecule has 0 radical (unpaired) electrons. The van der Waals surface area contributed by atoms with Gasteiger partial charge in [0, 0.05) is 50.3 Å². The number of halogens is 1. The van der Waals surface area contributed by atoms with Crippen LogP contribution in [0.25, 0.3) is 10.9 Å². The number of carbonyl (C=O) groups is 3. The van der Waals surface area contributed by atoms with Gasteiger partial charge in [-0.1, -0.05) is 32.4 Å². The van der Waals surface area contributed by atoms with Gasteiger partial charge >= 0.3 is 11.9 Å². The second kappa shape index (κ2) is 26.1. The Balaban J connectivity index is 1.18. The number of aromatic carboxylic acids is 1. The van der Waals surface area contributed by atoms with E-state index in [0.29, 0.717) is 18.5 Å². The molecule has 4 heterocycles. The van der Waals surface area contributed by atoms with Crippen molar-refractivity contribution in [1.29, 1.82) is 0 Å². The summed E-state index contributed by atoms with van der Waals surface area (Å²) in [6, 6.07) is 0.969. The molecule has 1 aromatic carbocycles. The number of ether oxygens (including phenoxy) is 8. The summed E-state index contributed by atoms with van der Waals surface area (Å²) in [6.07, 6.45) is -6.63. The van der Waals surface area contributed by atoms with Crippen LogP contribution in [0.1, 0.15) is 124 Å². The Kier molecular flexibility index (Phi) is 21.3. The van der Waals surface area contributed by atoms with Gasteiger partial charge in [0.2, 0.25) is 11.3 Å². The second-order valence-electron chi connectivity index (χ2n) is 23.1. The lowest BCUT2D eigenvalue weighted by Gasteiger charge is -2.49. The number of carboxylic acids is 1. The Labute approximate surface area is 462 Å². The van der Waals surface area contributed by atoms with Crippen LogP contribution in [0.5, 0.6) is 5.75 Å². The molecular formula is C55H87ClN4O18. The number of aliphatic hydroxyl groups excluding tert-OH is 2. The lowest BCUT2D eigenvalue weighted by molar-refractivity contribution is -0.335. The van der Waals surface area contributed by atoms with Gasteiger partial charge in [-0.15, -0.1) is 0 Å². The molecule has 1 amide bonds. The maximum atomic E-state index is 14.5. The smallest absolute Gasteiger partial charge is 0.341 e. The zero-order chi connectivity index (χ0) is 57.9. The average molecular weight is 1130 g/mol. The zero-order valence-electron chi connectivity index (χ0n) is 47.5. The molecule has 0 unspecified atom stereocenters. The third-order valence-electron chi connectivity index (χ3n) is 16.4. The van der Waals surface area contributed by atoms with Crippen molar-refractivity contribution in [3.05, 3.63) is 39.1 Å². The monoisotopic (exact) mass is 1130 g/mol. The fraction of sp³-hybridized carbons (Fsp3) is 0.782. The molecule has 23 heteroatoms. The lowest BCUT2D eigenvalue weighted by atomic mass is 9.77. The number of amides is 1. The molecule has 2 aromatic rings. The molecule has 0 spiro atoms. The molecular weight excluding hydrogens is 1040 g/mol. The van der Waals surface area contributed by atoms with E-state index in [0.717, 1.165) is 12.8 Å². The Hall–Kier alpha value is -3.59. The van der Waals surface area contributed by atoms with E-state index < -0.39 is 113 Å². The van der Waals surface area contributed by atoms with Gasteiger partial charge in [-0.3, -0.25) is 14.4 Å². The fourth-order valence-electron chi connectivity index (χ4n) is 11.8. The van der Waals surface area contributed by atoms with E-state index in [-0.39, 0.29) is 91.3 Å². The summed E-state index contributed by atoms with van der Waals surface area (Å²) in [5.41, 5.74) is -4.09. The number of hydrogen-bond donors (Lipinski definition) is 7. The van der Waals surface area contributed by atoms with E-state index in [9.17, 15) is 49.8 Å². The highest BCUT2D eigenvalue weighted by Gasteiger charge is 2.54. The highest BCUT2D eigenvalue weighted by atomic mass is 35.5. The Morgan fingerprint density at radius 2 is 1.64 bits per heavy atom. The van der Waals surface area contributed by atoms with Gasteiger partial charge in [-0.05, 0) is 113 Å². The number of nitrogens with zero attached hydrogens (tertiary/aromatic N) is 3. The van der Waals surface area contributed by atoms with Crippen LogP contribution < -0.4 is 15.5 Å². The summed E-state index contributed by atoms with van der Waals surface area (Å²) in [5, 5.41) is 73.0. The molecule has 1 aliphatic carbocycles. The number of aliphatic hydroxyl groups is 5. The van der Waals surface area contributed by atoms with Gasteiger partial charge in [0.1, 0.15) is 47.9 Å². The summed E-state index contributed by atoms with van der Waals surface area (Å²) in [7, 11) is 6.76. The van der Waals surface area contributed by atoms with Gasteiger partial charge < -0.3 is 88.2 Å². The van der Waals surface area contributed by atoms with Crippen LogP contribution in [0.4, 0.5) is 0 Å². The lowest BCUT2D eigenvalue weighted by Crippen LogP contribution is -2.65. The molecule has 4 fully saturated rings. The first-order valence-corrected chi connectivity index (χ1v) is 27.7. The van der Waals surface area contributed by atoms with E-state index in [2.05, 4.69) is 5.32 Å². The number of aromatic nitrogens is 1. The molecule has 7 N–H and O–H groups in total. The average Bonchev–Trinajstić information content (AvgIpc) is 4.28. The molecule has 22 nitrogen and oxygen atoms in total. The largest absolute Gasteiger partial charge is 0.490 e. The number of fused-ring (bicyclic) bond motifs is 1. The van der Waals surface area contributed by atoms with E-state index >= 15 is 0 Å². The summed E-state index contributed by atoms with van der Waals surface area (Å²) in [5.74, 6) is -6.93. The van der Waals surface area contributed by atoms with Crippen molar-refractivity contribution in [2.45, 2.75) is 204 Å². The maximum absolute atomic E-state index is 14.5. The van der Waals surface area contributed by atoms with E-state index in [1.165, 1.54) is 26.3 Å². The topological polar surface area (TPSA) is 287 Å². The third kappa shape index (κ3) is 14.5. The molecule has 78 heavy (non-hydrogen) atoms. The van der Waals surface area contributed by atoms with E-state index in [1.54, 1.807) is 59.2 Å². The van der Waals surface area contributed by atoms with Gasteiger partial charge in [0.25, 0.3) is 0 Å². The molecule has 18 atom stereocenters. The van der Waals surface area contributed by atoms with Gasteiger partial charge in [0.05, 0.1) is 71.5 Å². The van der Waals surface area contributed by atoms with Crippen molar-refractivity contribution in [1.82, 2.24) is 19.7 Å². The van der Waals surface area contributed by atoms with Crippen LogP contribution in [0, 0.1) is 17.8 Å². The first kappa shape index (κ1) is 63.6. The van der Waals surface area contributed by atoms with Crippen LogP contribution in [-0.4, -0.2) is 208 Å². The minimum absolute atomic E-state index is 0.0138. The predicted octanol–water partition coefficient (Wildman–Crippen LogP) is 3.44. The molecule has 3 aliphatic heterocycles. The Bertz CT molecular complexity index is 2440. The predicted molar refractivity (Wildman–Crippen MR) is 286 cm³/mol. The number of carboxylic acid groups (broad SMARTS) is 1. The normalized spacial score (nSPS) is 37.8. The maximum Gasteiger partial charge on any atom is 0.341 e. The van der Waals surface area contributed by atoms with Crippen LogP contribution in [0.15, 0.2) is 23.1 Å². The number of carbonyl (C=O) groups excluding carboxylic acids is 2. The standard InChI is InChI=1S/C55H87ClN4O18/c1-14-41-54(9,69)48(64)32(6)59(12)26-28(2)24-53(8,68)49(78-52-45(63)39(58(10)11)21-29(3)74-52)30(4)46(31(5)51(67)76-41)77-43-25-55(70,71-13)47(33(7)75-43)57-42(61)17-18-72-19-20-73-40-22-35-38(23-37(40)56)60(34-15-16-34)27-36(44(35)62)50(65)66/h22-23,27-34,39,41,43,45-49,52,63-64,68-70H,14-21,24-26H2,1-13H3,(H,57,61)(H,65,66)/t28-,29+,30+,31+,32+,33-,39-,41-,43+,45-,46+,47-,48+,49-,52-,53+,54+,55+/m0/s1. The van der Waals surface area contributed by atoms with Gasteiger partial charge in [-0.25, -0.2) is 4.79 Å². The van der Waals surface area contributed by atoms with Crippen molar-refractivity contribution < 1.29 is 82.9 Å². The van der Waals surface area contributed by atoms with Gasteiger partial charge in [-0.2, -0.15) is 0 Å². The molecule has 1 saturated carbocycles. The van der Waals surface area contributed by atoms with E-state index in [4.69, 9.17) is 49.5 Å². The van der Waals surface area contributed by atoms with Gasteiger partial charge in [0.15, 0.2) is 18.4 Å². The highest BCUT2D eigenvalue weighted by molar-refractivity contribution is 6.32. The van der Waals surface area contributed by atoms with E-state index in [1.807, 2.05) is 37.7 Å². The van der Waals surface area contributed by atoms with Crippen LogP contribution >= 0.6 is 11.6 Å². The van der Waals surface area contributed by atoms with Crippen molar-refractivity contribution in [3.8, 4) is 5.75 Å². The zero-order valence-corrected chi connectivity index (χ0v) is 48.3. The second-order valence-corrected chi connectivity index (χ2v) is 23.5. The third-order valence-corrected chi connectivity index (χ3v) is 16.7. The number of rotatable bonds is 17. The summed E-state index contributed by atoms with van der Waals surface area (Å²) in [4.78, 5) is 56.7. The molecule has 4 aliphatic rings. The summed E-state index contributed by atoms with van der Waals surface area (Å²) in [6.45, 7) is 15.6. The number of hydrogen-bond acceptors (Lipinski definition) is 19. The SMILES string of the molecule is CC[C@@H]1OC(=O)[C@H](C)[C@H](O[C@@H]2C[C@@](O)(OC)[C@@H](NC(=O)CCOCCOc3cc4c(=O)c(C(=O)O)cn(C5CC5)c4cc3Cl)[C@H](C)O2)[C@@H](C)[C@H](O[C@@H]2O[C@H](C)C[C@H](N(C)C)[C@@H]2O)[C@](C)(O)C[C@H](C)CN(C)[C@H](C)[C@@H](O)[C@]1(C)O. The molecule has 1 aromatic heterocycles. The van der Waals surface area contributed by atoms with Crippen molar-refractivity contribution in [2.24, 2.45) is 17.8 Å². The van der Waals surface area contributed by atoms with Crippen LogP contribution in [0.3, 0.4) is 0 Å². The number of esters is 1. The van der Waals surface area contributed by atoms with Crippen molar-refractivity contribution in [3.63, 3.8) is 0 Å². The minimum Gasteiger partial charge on any atom is -0.490 e. The fourth-order valence-corrected chi connectivity index (χ4v) is 12.0. The van der Waals surface area contributed by atoms with Crippen LogP contribution in [0.2, 0.25) is 5.02 Å². The summed E-state index contributed by atoms with van der Waals surface area (Å²) >= 11 is 6.54. The highest BCUT2D eigenvalue weighted by Crippen LogP contribution is 2.41. The van der Waals surface area contributed by atoms with Crippen molar-refractivity contribution >= 4 is 40.3 Å². The molecule has 442 valence electrons. The van der Waals surface area contributed by atoms with Crippen molar-refractivity contribution in [2.75, 3.05) is 54.6 Å². The number of methoxy groups -OCH3 is 1. The molecule has 6 rings (SSSR count). The van der Waals surface area contributed by atoms with Crippen LogP contribution in [-0.2, 0) is 42.7 Å². The molecule has 3 saturated heterocycles. The minimum atomic E-state index is -2.09. The number of benzene rings is 1. The first-order chi connectivity index (χ1) is 36.5. The first-order valence-electron chi connectivity index (χ1n) is 27.3. The summed E-state index contributed by atoms with van der Waals surface area (Å²) < 4.78 is 51.2. The number of cyclic esters (lactones) is 1.